The van der Waals surface area contributed by atoms with Gasteiger partial charge in [-0.15, -0.1) is 12.6 Å². The topological polar surface area (TPSA) is 23.6 Å². The van der Waals surface area contributed by atoms with Gasteiger partial charge in [-0.1, -0.05) is 0 Å². The van der Waals surface area contributed by atoms with Gasteiger partial charge in [0.2, 0.25) is 0 Å². The van der Waals surface area contributed by atoms with Gasteiger partial charge in [-0.3, -0.25) is 9.69 Å². The highest BCUT2D eigenvalue weighted by Gasteiger charge is 2.32. The molecule has 0 radical (unpaired) electrons. The second kappa shape index (κ2) is 5.13. The molecule has 0 atom stereocenters. The first kappa shape index (κ1) is 12.9. The van der Waals surface area contributed by atoms with Crippen LogP contribution in [0.5, 0.6) is 0 Å². The molecule has 0 aromatic heterocycles. The summed E-state index contributed by atoms with van der Waals surface area (Å²) in [5, 5.41) is 0. The van der Waals surface area contributed by atoms with Crippen molar-refractivity contribution in [2.24, 2.45) is 0 Å². The number of hydrogen-bond donors (Lipinski definition) is 1. The fraction of sp³-hybridized carbons (Fsp3) is 0.500. The minimum absolute atomic E-state index is 0.0225. The Labute approximate surface area is 117 Å². The van der Waals surface area contributed by atoms with Gasteiger partial charge < -0.3 is 4.90 Å². The molecule has 1 saturated carbocycles. The summed E-state index contributed by atoms with van der Waals surface area (Å²) in [6, 6.07) is 5.10. The number of nitrogens with zero attached hydrogens (tertiary/aromatic N) is 2. The molecule has 0 spiro atoms. The quantitative estimate of drug-likeness (QED) is 0.838. The number of hydrogen-bond acceptors (Lipinski definition) is 3. The lowest BCUT2D eigenvalue weighted by atomic mass is 10.1. The van der Waals surface area contributed by atoms with Crippen molar-refractivity contribution < 1.29 is 9.18 Å². The first-order valence-electron chi connectivity index (χ1n) is 6.67. The van der Waals surface area contributed by atoms with Crippen molar-refractivity contribution in [3.05, 3.63) is 29.6 Å². The molecular formula is C14H17FN2OS. The fourth-order valence-electron chi connectivity index (χ4n) is 2.56. The number of thiol groups is 1. The molecule has 3 nitrogen and oxygen atoms in total. The van der Waals surface area contributed by atoms with E-state index >= 15 is 0 Å². The summed E-state index contributed by atoms with van der Waals surface area (Å²) in [6.45, 7) is 3.42. The molecule has 3 rings (SSSR count). The Morgan fingerprint density at radius 1 is 1.21 bits per heavy atom. The summed E-state index contributed by atoms with van der Waals surface area (Å²) >= 11 is 4.02. The molecule has 2 fully saturated rings. The largest absolute Gasteiger partial charge is 0.336 e. The molecule has 102 valence electrons. The van der Waals surface area contributed by atoms with Crippen LogP contribution in [0, 0.1) is 5.82 Å². The highest BCUT2D eigenvalue weighted by Crippen LogP contribution is 2.27. The second-order valence-electron chi connectivity index (χ2n) is 5.23. The Morgan fingerprint density at radius 2 is 1.89 bits per heavy atom. The summed E-state index contributed by atoms with van der Waals surface area (Å²) in [7, 11) is 0. The van der Waals surface area contributed by atoms with Crippen molar-refractivity contribution in [1.29, 1.82) is 0 Å². The Balaban J connectivity index is 1.65. The lowest BCUT2D eigenvalue weighted by Gasteiger charge is -2.34. The third-order valence-corrected chi connectivity index (χ3v) is 4.20. The first-order valence-corrected chi connectivity index (χ1v) is 7.12. The van der Waals surface area contributed by atoms with Crippen LogP contribution in [0.15, 0.2) is 23.1 Å². The van der Waals surface area contributed by atoms with Gasteiger partial charge in [0.15, 0.2) is 0 Å². The first-order chi connectivity index (χ1) is 9.15. The van der Waals surface area contributed by atoms with Crippen LogP contribution in [0.25, 0.3) is 0 Å². The van der Waals surface area contributed by atoms with E-state index in [0.717, 1.165) is 32.2 Å². The maximum atomic E-state index is 13.1. The predicted molar refractivity (Wildman–Crippen MR) is 74.2 cm³/mol. The van der Waals surface area contributed by atoms with Crippen LogP contribution >= 0.6 is 12.6 Å². The second-order valence-corrected chi connectivity index (χ2v) is 5.71. The Morgan fingerprint density at radius 3 is 2.47 bits per heavy atom. The van der Waals surface area contributed by atoms with Crippen LogP contribution in [-0.2, 0) is 0 Å². The molecule has 1 aliphatic carbocycles. The monoisotopic (exact) mass is 280 g/mol. The standard InChI is InChI=1S/C14H17FN2OS/c15-12-4-1-10(9-13(12)19)14(18)17-7-5-16(6-8-17)11-2-3-11/h1,4,9,11,19H,2-3,5-8H2. The zero-order valence-corrected chi connectivity index (χ0v) is 11.6. The van der Waals surface area contributed by atoms with Crippen molar-refractivity contribution in [1.82, 2.24) is 9.80 Å². The zero-order chi connectivity index (χ0) is 13.4. The Bertz CT molecular complexity index is 496. The number of halogens is 1. The minimum atomic E-state index is -0.390. The van der Waals surface area contributed by atoms with Crippen LogP contribution in [-0.4, -0.2) is 47.9 Å². The molecule has 1 saturated heterocycles. The van der Waals surface area contributed by atoms with Crippen molar-refractivity contribution in [3.8, 4) is 0 Å². The summed E-state index contributed by atoms with van der Waals surface area (Å²) in [5.74, 6) is -0.413. The van der Waals surface area contributed by atoms with Crippen LogP contribution in [0.3, 0.4) is 0 Å². The molecule has 1 amide bonds. The van der Waals surface area contributed by atoms with Crippen molar-refractivity contribution >= 4 is 18.5 Å². The summed E-state index contributed by atoms with van der Waals surface area (Å²) < 4.78 is 13.1. The number of piperazine rings is 1. The maximum Gasteiger partial charge on any atom is 0.253 e. The van der Waals surface area contributed by atoms with E-state index in [2.05, 4.69) is 17.5 Å². The third kappa shape index (κ3) is 2.77. The molecular weight excluding hydrogens is 263 g/mol. The number of carbonyl (C=O) groups excluding carboxylic acids is 1. The smallest absolute Gasteiger partial charge is 0.253 e. The number of carbonyl (C=O) groups is 1. The Kier molecular flexibility index (Phi) is 3.50. The molecule has 1 heterocycles. The van der Waals surface area contributed by atoms with Gasteiger partial charge in [0.05, 0.1) is 0 Å². The molecule has 1 aliphatic heterocycles. The van der Waals surface area contributed by atoms with Crippen molar-refractivity contribution in [3.63, 3.8) is 0 Å². The lowest BCUT2D eigenvalue weighted by molar-refractivity contribution is 0.0627. The van der Waals surface area contributed by atoms with E-state index in [1.807, 2.05) is 4.90 Å². The molecule has 0 N–H and O–H groups in total. The number of amides is 1. The molecule has 19 heavy (non-hydrogen) atoms. The van der Waals surface area contributed by atoms with Crippen LogP contribution in [0.1, 0.15) is 23.2 Å². The lowest BCUT2D eigenvalue weighted by Crippen LogP contribution is -2.49. The van der Waals surface area contributed by atoms with Crippen LogP contribution in [0.4, 0.5) is 4.39 Å². The predicted octanol–water partition coefficient (Wildman–Crippen LogP) is 2.03. The SMILES string of the molecule is O=C(c1ccc(F)c(S)c1)N1CCN(C2CC2)CC1. The van der Waals surface area contributed by atoms with Gasteiger partial charge in [0, 0.05) is 42.7 Å². The van der Waals surface area contributed by atoms with E-state index in [4.69, 9.17) is 0 Å². The maximum absolute atomic E-state index is 13.1. The van der Waals surface area contributed by atoms with Gasteiger partial charge in [0.25, 0.3) is 5.91 Å². The van der Waals surface area contributed by atoms with Gasteiger partial charge in [-0.25, -0.2) is 4.39 Å². The van der Waals surface area contributed by atoms with E-state index in [1.54, 1.807) is 0 Å². The van der Waals surface area contributed by atoms with E-state index in [1.165, 1.54) is 31.0 Å². The van der Waals surface area contributed by atoms with Crippen LogP contribution < -0.4 is 0 Å². The van der Waals surface area contributed by atoms with Gasteiger partial charge >= 0.3 is 0 Å². The third-order valence-electron chi connectivity index (χ3n) is 3.86. The average Bonchev–Trinajstić information content (AvgIpc) is 3.26. The van der Waals surface area contributed by atoms with Gasteiger partial charge in [-0.05, 0) is 31.0 Å². The van der Waals surface area contributed by atoms with Gasteiger partial charge in [0.1, 0.15) is 5.82 Å². The highest BCUT2D eigenvalue weighted by molar-refractivity contribution is 7.80. The van der Waals surface area contributed by atoms with Crippen molar-refractivity contribution in [2.45, 2.75) is 23.8 Å². The van der Waals surface area contributed by atoms with E-state index < -0.39 is 5.82 Å². The molecule has 1 aromatic rings. The summed E-state index contributed by atoms with van der Waals surface area (Å²) in [6.07, 6.45) is 2.60. The fourth-order valence-corrected chi connectivity index (χ4v) is 2.77. The summed E-state index contributed by atoms with van der Waals surface area (Å²) in [5.41, 5.74) is 0.520. The van der Waals surface area contributed by atoms with Gasteiger partial charge in [-0.2, -0.15) is 0 Å². The molecule has 5 heteroatoms. The van der Waals surface area contributed by atoms with E-state index in [9.17, 15) is 9.18 Å². The number of benzene rings is 1. The van der Waals surface area contributed by atoms with Crippen LogP contribution in [0.2, 0.25) is 0 Å². The molecule has 2 aliphatic rings. The zero-order valence-electron chi connectivity index (χ0n) is 10.7. The molecule has 0 unspecified atom stereocenters. The van der Waals surface area contributed by atoms with Crippen molar-refractivity contribution in [2.75, 3.05) is 26.2 Å². The average molecular weight is 280 g/mol. The summed E-state index contributed by atoms with van der Waals surface area (Å²) in [4.78, 5) is 16.8. The molecule has 0 bridgehead atoms. The minimum Gasteiger partial charge on any atom is -0.336 e. The number of rotatable bonds is 2. The molecule has 1 aromatic carbocycles. The normalized spacial score (nSPS) is 20.6. The van der Waals surface area contributed by atoms with E-state index in [-0.39, 0.29) is 10.8 Å². The Hall–Kier alpha value is -1.07. The van der Waals surface area contributed by atoms with E-state index in [0.29, 0.717) is 5.56 Å². The highest BCUT2D eigenvalue weighted by atomic mass is 32.1.